The second-order valence-corrected chi connectivity index (χ2v) is 5.23. The average molecular weight is 368 g/mol. The van der Waals surface area contributed by atoms with Gasteiger partial charge in [0, 0.05) is 0 Å². The van der Waals surface area contributed by atoms with Crippen LogP contribution in [0.3, 0.4) is 0 Å². The first-order chi connectivity index (χ1) is 10.6. The Kier molecular flexibility index (Phi) is 6.21. The lowest BCUT2D eigenvalue weighted by Gasteiger charge is -2.09. The second kappa shape index (κ2) is 8.38. The Morgan fingerprint density at radius 2 is 1.91 bits per heavy atom. The van der Waals surface area contributed by atoms with E-state index in [0.717, 1.165) is 5.75 Å². The fraction of sp³-hybridized carbons (Fsp3) is 0.188. The summed E-state index contributed by atoms with van der Waals surface area (Å²) in [5.41, 5.74) is 0. The van der Waals surface area contributed by atoms with E-state index in [0.29, 0.717) is 23.4 Å². The molecule has 0 atom stereocenters. The van der Waals surface area contributed by atoms with E-state index in [1.807, 2.05) is 30.3 Å². The number of carbonyl (C=O) groups excluding carboxylic acids is 1. The minimum atomic E-state index is -0.373. The van der Waals surface area contributed by atoms with Crippen molar-refractivity contribution >= 4 is 21.8 Å². The first kappa shape index (κ1) is 16.3. The van der Waals surface area contributed by atoms with Gasteiger partial charge < -0.3 is 14.8 Å². The molecule has 0 bridgehead atoms. The maximum absolute atomic E-state index is 12.9. The minimum Gasteiger partial charge on any atom is -0.492 e. The first-order valence-corrected chi connectivity index (χ1v) is 7.47. The Morgan fingerprint density at radius 3 is 2.64 bits per heavy atom. The van der Waals surface area contributed by atoms with Crippen molar-refractivity contribution in [1.29, 1.82) is 0 Å². The van der Waals surface area contributed by atoms with Crippen molar-refractivity contribution in [3.8, 4) is 11.5 Å². The molecular formula is C16H15BrFNO3. The number of nitrogens with one attached hydrogen (secondary N) is 1. The summed E-state index contributed by atoms with van der Waals surface area (Å²) < 4.78 is 24.1. The van der Waals surface area contributed by atoms with Gasteiger partial charge in [0.2, 0.25) is 0 Å². The van der Waals surface area contributed by atoms with Gasteiger partial charge >= 0.3 is 0 Å². The molecular weight excluding hydrogens is 353 g/mol. The molecule has 4 nitrogen and oxygen atoms in total. The third-order valence-corrected chi connectivity index (χ3v) is 3.31. The van der Waals surface area contributed by atoms with Crippen LogP contribution in [0.1, 0.15) is 0 Å². The van der Waals surface area contributed by atoms with Gasteiger partial charge in [0.15, 0.2) is 6.61 Å². The van der Waals surface area contributed by atoms with Crippen molar-refractivity contribution < 1.29 is 18.7 Å². The normalized spacial score (nSPS) is 10.1. The number of hydrogen-bond donors (Lipinski definition) is 1. The molecule has 6 heteroatoms. The van der Waals surface area contributed by atoms with Gasteiger partial charge in [-0.2, -0.15) is 0 Å². The summed E-state index contributed by atoms with van der Waals surface area (Å²) in [7, 11) is 0. The van der Waals surface area contributed by atoms with Crippen LogP contribution in [-0.2, 0) is 4.79 Å². The van der Waals surface area contributed by atoms with E-state index in [4.69, 9.17) is 9.47 Å². The van der Waals surface area contributed by atoms with Crippen LogP contribution in [-0.4, -0.2) is 25.7 Å². The molecule has 0 heterocycles. The summed E-state index contributed by atoms with van der Waals surface area (Å²) in [6.07, 6.45) is 0. The molecule has 0 aliphatic rings. The Morgan fingerprint density at radius 1 is 1.14 bits per heavy atom. The summed E-state index contributed by atoms with van der Waals surface area (Å²) in [6.45, 7) is 0.604. The van der Waals surface area contributed by atoms with E-state index in [1.165, 1.54) is 18.2 Å². The highest BCUT2D eigenvalue weighted by molar-refractivity contribution is 9.10. The smallest absolute Gasteiger partial charge is 0.258 e. The molecule has 2 rings (SSSR count). The molecule has 0 fully saturated rings. The number of rotatable bonds is 7. The van der Waals surface area contributed by atoms with Crippen LogP contribution in [0.25, 0.3) is 0 Å². The number of halogens is 2. The van der Waals surface area contributed by atoms with Gasteiger partial charge in [0.05, 0.1) is 11.0 Å². The highest BCUT2D eigenvalue weighted by atomic mass is 79.9. The van der Waals surface area contributed by atoms with Crippen LogP contribution in [0.5, 0.6) is 11.5 Å². The molecule has 0 aromatic heterocycles. The lowest BCUT2D eigenvalue weighted by Crippen LogP contribution is -2.32. The van der Waals surface area contributed by atoms with E-state index < -0.39 is 0 Å². The molecule has 0 spiro atoms. The number of ether oxygens (including phenoxy) is 2. The largest absolute Gasteiger partial charge is 0.492 e. The Hall–Kier alpha value is -2.08. The number of hydrogen-bond acceptors (Lipinski definition) is 3. The average Bonchev–Trinajstić information content (AvgIpc) is 2.52. The molecule has 2 aromatic rings. The van der Waals surface area contributed by atoms with Crippen LogP contribution in [0.2, 0.25) is 0 Å². The highest BCUT2D eigenvalue weighted by Crippen LogP contribution is 2.25. The van der Waals surface area contributed by atoms with Crippen molar-refractivity contribution in [2.24, 2.45) is 0 Å². The zero-order valence-corrected chi connectivity index (χ0v) is 13.3. The SMILES string of the molecule is O=C(COc1ccc(F)cc1Br)NCCOc1ccccc1. The standard InChI is InChI=1S/C16H15BrFNO3/c17-14-10-12(18)6-7-15(14)22-11-16(20)19-8-9-21-13-4-2-1-3-5-13/h1-7,10H,8-9,11H2,(H,19,20). The monoisotopic (exact) mass is 367 g/mol. The molecule has 0 saturated heterocycles. The molecule has 1 amide bonds. The highest BCUT2D eigenvalue weighted by Gasteiger charge is 2.06. The van der Waals surface area contributed by atoms with Gasteiger partial charge in [-0.1, -0.05) is 18.2 Å². The number of benzene rings is 2. The van der Waals surface area contributed by atoms with Gasteiger partial charge in [-0.15, -0.1) is 0 Å². The zero-order chi connectivity index (χ0) is 15.8. The molecule has 22 heavy (non-hydrogen) atoms. The van der Waals surface area contributed by atoms with Gasteiger partial charge in [-0.3, -0.25) is 4.79 Å². The van der Waals surface area contributed by atoms with E-state index >= 15 is 0 Å². The maximum Gasteiger partial charge on any atom is 0.258 e. The summed E-state index contributed by atoms with van der Waals surface area (Å²) >= 11 is 3.17. The second-order valence-electron chi connectivity index (χ2n) is 4.37. The fourth-order valence-electron chi connectivity index (χ4n) is 1.66. The first-order valence-electron chi connectivity index (χ1n) is 6.67. The van der Waals surface area contributed by atoms with Gasteiger partial charge in [0.25, 0.3) is 5.91 Å². The summed E-state index contributed by atoms with van der Waals surface area (Å²) in [6, 6.07) is 13.4. The van der Waals surface area contributed by atoms with E-state index in [-0.39, 0.29) is 18.3 Å². The summed E-state index contributed by atoms with van der Waals surface area (Å²) in [5, 5.41) is 2.68. The fourth-order valence-corrected chi connectivity index (χ4v) is 2.13. The molecule has 116 valence electrons. The molecule has 1 N–H and O–H groups in total. The van der Waals surface area contributed by atoms with E-state index in [2.05, 4.69) is 21.2 Å². The van der Waals surface area contributed by atoms with Crippen molar-refractivity contribution in [2.75, 3.05) is 19.8 Å². The van der Waals surface area contributed by atoms with Crippen molar-refractivity contribution in [3.63, 3.8) is 0 Å². The maximum atomic E-state index is 12.9. The summed E-state index contributed by atoms with van der Waals surface area (Å²) in [5.74, 6) is 0.523. The molecule has 0 radical (unpaired) electrons. The van der Waals surface area contributed by atoms with Crippen LogP contribution in [0.15, 0.2) is 53.0 Å². The van der Waals surface area contributed by atoms with Crippen LogP contribution in [0, 0.1) is 5.82 Å². The topological polar surface area (TPSA) is 47.6 Å². The third kappa shape index (κ3) is 5.37. The minimum absolute atomic E-state index is 0.143. The third-order valence-electron chi connectivity index (χ3n) is 2.69. The van der Waals surface area contributed by atoms with E-state index in [9.17, 15) is 9.18 Å². The Bertz CT molecular complexity index is 622. The molecule has 0 saturated carbocycles. The Balaban J connectivity index is 1.65. The van der Waals surface area contributed by atoms with Gasteiger partial charge in [-0.25, -0.2) is 4.39 Å². The van der Waals surface area contributed by atoms with Crippen molar-refractivity contribution in [3.05, 3.63) is 58.8 Å². The lowest BCUT2D eigenvalue weighted by atomic mass is 10.3. The van der Waals surface area contributed by atoms with Crippen molar-refractivity contribution in [2.45, 2.75) is 0 Å². The van der Waals surface area contributed by atoms with Crippen LogP contribution >= 0.6 is 15.9 Å². The number of para-hydroxylation sites is 1. The predicted molar refractivity (Wildman–Crippen MR) is 84.5 cm³/mol. The zero-order valence-electron chi connectivity index (χ0n) is 11.7. The van der Waals surface area contributed by atoms with Gasteiger partial charge in [-0.05, 0) is 46.3 Å². The molecule has 2 aromatic carbocycles. The summed E-state index contributed by atoms with van der Waals surface area (Å²) in [4.78, 5) is 11.6. The number of amides is 1. The van der Waals surface area contributed by atoms with Crippen LogP contribution in [0.4, 0.5) is 4.39 Å². The van der Waals surface area contributed by atoms with E-state index in [1.54, 1.807) is 0 Å². The quantitative estimate of drug-likeness (QED) is 0.764. The van der Waals surface area contributed by atoms with Gasteiger partial charge in [0.1, 0.15) is 23.9 Å². The molecule has 0 aliphatic carbocycles. The van der Waals surface area contributed by atoms with Crippen LogP contribution < -0.4 is 14.8 Å². The molecule has 0 unspecified atom stereocenters. The Labute approximate surface area is 136 Å². The predicted octanol–water partition coefficient (Wildman–Crippen LogP) is 3.16. The number of carbonyl (C=O) groups is 1. The van der Waals surface area contributed by atoms with Crippen molar-refractivity contribution in [1.82, 2.24) is 5.32 Å². The lowest BCUT2D eigenvalue weighted by molar-refractivity contribution is -0.123. The molecule has 0 aliphatic heterocycles.